The van der Waals surface area contributed by atoms with Gasteiger partial charge in [0.1, 0.15) is 11.3 Å². The third kappa shape index (κ3) is 2.40. The van der Waals surface area contributed by atoms with Crippen LogP contribution in [0.25, 0.3) is 11.0 Å². The molecule has 1 aromatic heterocycles. The Balaban J connectivity index is 1.94. The Kier molecular flexibility index (Phi) is 3.58. The fourth-order valence-corrected chi connectivity index (χ4v) is 3.08. The molecule has 0 radical (unpaired) electrons. The largest absolute Gasteiger partial charge is 0.459 e. The van der Waals surface area contributed by atoms with Gasteiger partial charge in [-0.25, -0.2) is 0 Å². The lowest BCUT2D eigenvalue weighted by molar-refractivity contribution is 0.152. The van der Waals surface area contributed by atoms with Crippen molar-refractivity contribution in [3.05, 3.63) is 35.6 Å². The minimum atomic E-state index is 0.478. The van der Waals surface area contributed by atoms with Gasteiger partial charge in [0.25, 0.3) is 0 Å². The zero-order valence-corrected chi connectivity index (χ0v) is 11.6. The molecule has 19 heavy (non-hydrogen) atoms. The first kappa shape index (κ1) is 12.7. The molecule has 0 aliphatic carbocycles. The molecule has 0 spiro atoms. The first-order chi connectivity index (χ1) is 9.29. The fraction of sp³-hybridized carbons (Fsp3) is 0.500. The van der Waals surface area contributed by atoms with E-state index in [0.29, 0.717) is 12.6 Å². The normalized spacial score (nSPS) is 21.1. The van der Waals surface area contributed by atoms with Crippen molar-refractivity contribution in [2.24, 2.45) is 5.73 Å². The van der Waals surface area contributed by atoms with Crippen molar-refractivity contribution in [3.8, 4) is 0 Å². The Bertz CT molecular complexity index is 561. The van der Waals surface area contributed by atoms with Crippen LogP contribution in [-0.2, 0) is 13.1 Å². The number of nitrogens with two attached hydrogens (primary N) is 1. The molecule has 0 bridgehead atoms. The zero-order valence-electron chi connectivity index (χ0n) is 11.6. The van der Waals surface area contributed by atoms with E-state index in [0.717, 1.165) is 17.9 Å². The summed E-state index contributed by atoms with van der Waals surface area (Å²) in [5, 5.41) is 1.22. The highest BCUT2D eigenvalue weighted by atomic mass is 16.3. The van der Waals surface area contributed by atoms with Gasteiger partial charge in [0, 0.05) is 23.5 Å². The zero-order chi connectivity index (χ0) is 13.2. The number of hydrogen-bond acceptors (Lipinski definition) is 3. The highest BCUT2D eigenvalue weighted by molar-refractivity contribution is 5.82. The van der Waals surface area contributed by atoms with Gasteiger partial charge in [0.2, 0.25) is 0 Å². The molecule has 3 rings (SSSR count). The highest BCUT2D eigenvalue weighted by Gasteiger charge is 2.21. The molecule has 1 aromatic carbocycles. The topological polar surface area (TPSA) is 42.4 Å². The lowest BCUT2D eigenvalue weighted by Gasteiger charge is -2.33. The quantitative estimate of drug-likeness (QED) is 0.918. The van der Waals surface area contributed by atoms with Crippen molar-refractivity contribution in [1.82, 2.24) is 4.90 Å². The summed E-state index contributed by atoms with van der Waals surface area (Å²) in [5.74, 6) is 0.943. The van der Waals surface area contributed by atoms with E-state index in [4.69, 9.17) is 10.2 Å². The van der Waals surface area contributed by atoms with Gasteiger partial charge < -0.3 is 10.2 Å². The lowest BCUT2D eigenvalue weighted by atomic mass is 10.0. The van der Waals surface area contributed by atoms with Crippen molar-refractivity contribution in [2.45, 2.75) is 45.3 Å². The summed E-state index contributed by atoms with van der Waals surface area (Å²) in [6.07, 6.45) is 3.96. The third-order valence-corrected chi connectivity index (χ3v) is 4.27. The average Bonchev–Trinajstić information content (AvgIpc) is 2.79. The minimum Gasteiger partial charge on any atom is -0.459 e. The van der Waals surface area contributed by atoms with E-state index >= 15 is 0 Å². The van der Waals surface area contributed by atoms with Crippen LogP contribution >= 0.6 is 0 Å². The first-order valence-electron chi connectivity index (χ1n) is 7.23. The molecule has 1 aliphatic heterocycles. The molecular weight excluding hydrogens is 236 g/mol. The van der Waals surface area contributed by atoms with Crippen molar-refractivity contribution in [1.29, 1.82) is 0 Å². The molecular formula is C16H22N2O. The van der Waals surface area contributed by atoms with Gasteiger partial charge >= 0.3 is 0 Å². The van der Waals surface area contributed by atoms with Crippen LogP contribution in [-0.4, -0.2) is 17.5 Å². The van der Waals surface area contributed by atoms with Gasteiger partial charge in [-0.3, -0.25) is 4.90 Å². The van der Waals surface area contributed by atoms with Crippen LogP contribution in [0, 0.1) is 0 Å². The predicted molar refractivity (Wildman–Crippen MR) is 77.8 cm³/mol. The van der Waals surface area contributed by atoms with Crippen molar-refractivity contribution < 1.29 is 4.42 Å². The van der Waals surface area contributed by atoms with E-state index < -0.39 is 0 Å². The number of benzene rings is 1. The number of furan rings is 1. The summed E-state index contributed by atoms with van der Waals surface area (Å²) in [5.41, 5.74) is 8.09. The molecule has 1 aliphatic rings. The lowest BCUT2D eigenvalue weighted by Crippen LogP contribution is -2.36. The average molecular weight is 258 g/mol. The minimum absolute atomic E-state index is 0.478. The van der Waals surface area contributed by atoms with Gasteiger partial charge in [-0.1, -0.05) is 24.6 Å². The molecule has 0 saturated carbocycles. The second-order valence-corrected chi connectivity index (χ2v) is 5.52. The van der Waals surface area contributed by atoms with Gasteiger partial charge in [-0.15, -0.1) is 0 Å². The van der Waals surface area contributed by atoms with Crippen LogP contribution in [0.15, 0.2) is 28.7 Å². The second kappa shape index (κ2) is 5.35. The summed E-state index contributed by atoms with van der Waals surface area (Å²) in [6.45, 7) is 4.95. The maximum absolute atomic E-state index is 5.87. The Labute approximate surface area is 114 Å². The van der Waals surface area contributed by atoms with Crippen LogP contribution < -0.4 is 5.73 Å². The number of nitrogens with zero attached hydrogens (tertiary/aromatic N) is 1. The molecule has 1 unspecified atom stereocenters. The monoisotopic (exact) mass is 258 g/mol. The SMILES string of the molecule is CC1CCCCN1Cc1c(CN)oc2ccccc12. The Morgan fingerprint density at radius 1 is 1.32 bits per heavy atom. The molecule has 2 aromatic rings. The maximum atomic E-state index is 5.87. The van der Waals surface area contributed by atoms with Crippen LogP contribution in [0.3, 0.4) is 0 Å². The van der Waals surface area contributed by atoms with Crippen LogP contribution in [0.5, 0.6) is 0 Å². The number of para-hydroxylation sites is 1. The molecule has 1 atom stereocenters. The molecule has 2 N–H and O–H groups in total. The molecule has 3 nitrogen and oxygen atoms in total. The highest BCUT2D eigenvalue weighted by Crippen LogP contribution is 2.29. The van der Waals surface area contributed by atoms with Gasteiger partial charge in [0.05, 0.1) is 6.54 Å². The van der Waals surface area contributed by atoms with Gasteiger partial charge in [0.15, 0.2) is 0 Å². The smallest absolute Gasteiger partial charge is 0.134 e. The number of rotatable bonds is 3. The van der Waals surface area contributed by atoms with E-state index in [2.05, 4.69) is 24.0 Å². The summed E-state index contributed by atoms with van der Waals surface area (Å²) in [7, 11) is 0. The third-order valence-electron chi connectivity index (χ3n) is 4.27. The van der Waals surface area contributed by atoms with Crippen LogP contribution in [0.2, 0.25) is 0 Å². The van der Waals surface area contributed by atoms with Crippen molar-refractivity contribution in [3.63, 3.8) is 0 Å². The number of piperidine rings is 1. The van der Waals surface area contributed by atoms with Crippen molar-refractivity contribution >= 4 is 11.0 Å². The molecule has 1 saturated heterocycles. The Morgan fingerprint density at radius 3 is 2.95 bits per heavy atom. The number of likely N-dealkylation sites (tertiary alicyclic amines) is 1. The van der Waals surface area contributed by atoms with E-state index in [1.54, 1.807) is 0 Å². The van der Waals surface area contributed by atoms with Gasteiger partial charge in [-0.2, -0.15) is 0 Å². The summed E-state index contributed by atoms with van der Waals surface area (Å²) in [6, 6.07) is 8.91. The van der Waals surface area contributed by atoms with E-state index in [9.17, 15) is 0 Å². The number of hydrogen-bond donors (Lipinski definition) is 1. The molecule has 2 heterocycles. The van der Waals surface area contributed by atoms with Crippen LogP contribution in [0.4, 0.5) is 0 Å². The summed E-state index contributed by atoms with van der Waals surface area (Å²) in [4.78, 5) is 2.56. The van der Waals surface area contributed by atoms with E-state index in [-0.39, 0.29) is 0 Å². The summed E-state index contributed by atoms with van der Waals surface area (Å²) >= 11 is 0. The molecule has 1 fully saturated rings. The first-order valence-corrected chi connectivity index (χ1v) is 7.23. The Morgan fingerprint density at radius 2 is 2.16 bits per heavy atom. The summed E-state index contributed by atoms with van der Waals surface area (Å²) < 4.78 is 5.87. The van der Waals surface area contributed by atoms with Crippen molar-refractivity contribution in [2.75, 3.05) is 6.54 Å². The van der Waals surface area contributed by atoms with E-state index in [1.807, 2.05) is 12.1 Å². The Hall–Kier alpha value is -1.32. The molecule has 102 valence electrons. The maximum Gasteiger partial charge on any atom is 0.134 e. The van der Waals surface area contributed by atoms with Crippen LogP contribution in [0.1, 0.15) is 37.5 Å². The van der Waals surface area contributed by atoms with E-state index in [1.165, 1.54) is 36.8 Å². The number of fused-ring (bicyclic) bond motifs is 1. The second-order valence-electron chi connectivity index (χ2n) is 5.52. The standard InChI is InChI=1S/C16H22N2O/c1-12-6-4-5-9-18(12)11-14-13-7-2-3-8-15(13)19-16(14)10-17/h2-3,7-8,12H,4-6,9-11,17H2,1H3. The predicted octanol–water partition coefficient (Wildman–Crippen LogP) is 3.27. The fourth-order valence-electron chi connectivity index (χ4n) is 3.08. The molecule has 0 amide bonds. The van der Waals surface area contributed by atoms with Gasteiger partial charge in [-0.05, 0) is 32.4 Å². The molecule has 3 heteroatoms.